The van der Waals surface area contributed by atoms with Crippen molar-refractivity contribution < 1.29 is 0 Å². The summed E-state index contributed by atoms with van der Waals surface area (Å²) in [5.74, 6) is 0. The summed E-state index contributed by atoms with van der Waals surface area (Å²) >= 11 is 0. The maximum Gasteiger partial charge on any atom is 0.0624 e. The summed E-state index contributed by atoms with van der Waals surface area (Å²) in [7, 11) is 2.03. The number of nitrogens with one attached hydrogen (secondary N) is 1. The molecule has 1 atom stereocenters. The van der Waals surface area contributed by atoms with E-state index in [4.69, 9.17) is 0 Å². The van der Waals surface area contributed by atoms with Crippen LogP contribution in [0.1, 0.15) is 42.4 Å². The van der Waals surface area contributed by atoms with Crippen molar-refractivity contribution in [1.82, 2.24) is 15.1 Å². The molecule has 0 amide bonds. The SMILES string of the molecule is CCc1cc(CC(NC)c2ccc(C)cc2)n(CC)n1. The van der Waals surface area contributed by atoms with Gasteiger partial charge in [-0.05, 0) is 38.9 Å². The van der Waals surface area contributed by atoms with Gasteiger partial charge in [0, 0.05) is 24.7 Å². The molecule has 0 fully saturated rings. The quantitative estimate of drug-likeness (QED) is 0.874. The van der Waals surface area contributed by atoms with Gasteiger partial charge < -0.3 is 5.32 Å². The number of benzene rings is 1. The topological polar surface area (TPSA) is 29.9 Å². The fourth-order valence-corrected chi connectivity index (χ4v) is 2.52. The third kappa shape index (κ3) is 3.28. The van der Waals surface area contributed by atoms with Crippen LogP contribution in [0.25, 0.3) is 0 Å². The summed E-state index contributed by atoms with van der Waals surface area (Å²) in [6.07, 6.45) is 1.97. The lowest BCUT2D eigenvalue weighted by Crippen LogP contribution is -2.20. The van der Waals surface area contributed by atoms with Crippen molar-refractivity contribution in [1.29, 1.82) is 0 Å². The van der Waals surface area contributed by atoms with Gasteiger partial charge in [-0.15, -0.1) is 0 Å². The average molecular weight is 271 g/mol. The van der Waals surface area contributed by atoms with Crippen LogP contribution in [0, 0.1) is 6.92 Å². The smallest absolute Gasteiger partial charge is 0.0624 e. The van der Waals surface area contributed by atoms with E-state index >= 15 is 0 Å². The Balaban J connectivity index is 2.21. The summed E-state index contributed by atoms with van der Waals surface area (Å²) < 4.78 is 2.12. The Labute approximate surface area is 122 Å². The molecule has 0 aliphatic carbocycles. The van der Waals surface area contributed by atoms with Crippen LogP contribution in [-0.4, -0.2) is 16.8 Å². The zero-order valence-electron chi connectivity index (χ0n) is 13.0. The molecule has 0 spiro atoms. The van der Waals surface area contributed by atoms with Gasteiger partial charge in [0.05, 0.1) is 5.69 Å². The fraction of sp³-hybridized carbons (Fsp3) is 0.471. The first-order valence-electron chi connectivity index (χ1n) is 7.47. The maximum absolute atomic E-state index is 4.63. The highest BCUT2D eigenvalue weighted by Gasteiger charge is 2.14. The van der Waals surface area contributed by atoms with Crippen molar-refractivity contribution in [2.24, 2.45) is 0 Å². The molecule has 3 heteroatoms. The van der Waals surface area contributed by atoms with Crippen LogP contribution < -0.4 is 5.32 Å². The van der Waals surface area contributed by atoms with E-state index in [1.807, 2.05) is 7.05 Å². The van der Waals surface area contributed by atoms with E-state index in [0.717, 1.165) is 19.4 Å². The molecule has 0 radical (unpaired) electrons. The minimum atomic E-state index is 0.335. The molecule has 1 heterocycles. The predicted octanol–water partition coefficient (Wildman–Crippen LogP) is 3.28. The Bertz CT molecular complexity index is 540. The van der Waals surface area contributed by atoms with Crippen molar-refractivity contribution >= 4 is 0 Å². The molecule has 20 heavy (non-hydrogen) atoms. The van der Waals surface area contributed by atoms with E-state index in [1.165, 1.54) is 22.5 Å². The minimum absolute atomic E-state index is 0.335. The Morgan fingerprint density at radius 2 is 1.90 bits per heavy atom. The summed E-state index contributed by atoms with van der Waals surface area (Å²) in [6, 6.07) is 11.3. The van der Waals surface area contributed by atoms with Crippen LogP contribution >= 0.6 is 0 Å². The molecule has 2 rings (SSSR count). The van der Waals surface area contributed by atoms with Crippen LogP contribution in [0.5, 0.6) is 0 Å². The second kappa shape index (κ2) is 6.71. The Morgan fingerprint density at radius 3 is 2.45 bits per heavy atom. The molecule has 1 aromatic carbocycles. The number of nitrogens with zero attached hydrogens (tertiary/aromatic N) is 2. The number of likely N-dealkylation sites (N-methyl/N-ethyl adjacent to an activating group) is 1. The molecular formula is C17H25N3. The van der Waals surface area contributed by atoms with Gasteiger partial charge in [0.1, 0.15) is 0 Å². The van der Waals surface area contributed by atoms with Gasteiger partial charge in [-0.2, -0.15) is 5.10 Å². The number of hydrogen-bond donors (Lipinski definition) is 1. The van der Waals surface area contributed by atoms with Crippen LogP contribution in [0.2, 0.25) is 0 Å². The summed E-state index contributed by atoms with van der Waals surface area (Å²) in [5.41, 5.74) is 5.13. The van der Waals surface area contributed by atoms with Crippen LogP contribution in [-0.2, 0) is 19.4 Å². The third-order valence-corrected chi connectivity index (χ3v) is 3.82. The fourth-order valence-electron chi connectivity index (χ4n) is 2.52. The molecule has 0 aliphatic rings. The van der Waals surface area contributed by atoms with Crippen molar-refractivity contribution in [3.63, 3.8) is 0 Å². The van der Waals surface area contributed by atoms with E-state index < -0.39 is 0 Å². The predicted molar refractivity (Wildman–Crippen MR) is 84.0 cm³/mol. The Morgan fingerprint density at radius 1 is 1.20 bits per heavy atom. The molecule has 1 aromatic heterocycles. The van der Waals surface area contributed by atoms with E-state index in [1.54, 1.807) is 0 Å². The molecule has 2 aromatic rings. The van der Waals surface area contributed by atoms with Crippen molar-refractivity contribution in [3.05, 3.63) is 52.8 Å². The van der Waals surface area contributed by atoms with E-state index in [9.17, 15) is 0 Å². The molecule has 0 saturated carbocycles. The second-order valence-electron chi connectivity index (χ2n) is 5.25. The van der Waals surface area contributed by atoms with Gasteiger partial charge in [-0.1, -0.05) is 36.8 Å². The first-order chi connectivity index (χ1) is 9.67. The van der Waals surface area contributed by atoms with Gasteiger partial charge in [-0.3, -0.25) is 4.68 Å². The van der Waals surface area contributed by atoms with Crippen LogP contribution in [0.3, 0.4) is 0 Å². The normalized spacial score (nSPS) is 12.6. The van der Waals surface area contributed by atoms with Gasteiger partial charge in [0.15, 0.2) is 0 Å². The van der Waals surface area contributed by atoms with Crippen molar-refractivity contribution in [2.75, 3.05) is 7.05 Å². The van der Waals surface area contributed by atoms with E-state index in [2.05, 4.69) is 66.2 Å². The molecule has 3 nitrogen and oxygen atoms in total. The summed E-state index contributed by atoms with van der Waals surface area (Å²) in [6.45, 7) is 7.36. The monoisotopic (exact) mass is 271 g/mol. The van der Waals surface area contributed by atoms with Gasteiger partial charge in [0.25, 0.3) is 0 Å². The van der Waals surface area contributed by atoms with Gasteiger partial charge in [-0.25, -0.2) is 0 Å². The first kappa shape index (κ1) is 14.8. The number of aromatic nitrogens is 2. The van der Waals surface area contributed by atoms with Gasteiger partial charge >= 0.3 is 0 Å². The number of hydrogen-bond acceptors (Lipinski definition) is 2. The maximum atomic E-state index is 4.63. The first-order valence-corrected chi connectivity index (χ1v) is 7.47. The minimum Gasteiger partial charge on any atom is -0.313 e. The molecule has 1 unspecified atom stereocenters. The highest BCUT2D eigenvalue weighted by Crippen LogP contribution is 2.19. The van der Waals surface area contributed by atoms with Crippen LogP contribution in [0.4, 0.5) is 0 Å². The highest BCUT2D eigenvalue weighted by molar-refractivity contribution is 5.26. The van der Waals surface area contributed by atoms with E-state index in [-0.39, 0.29) is 0 Å². The molecule has 1 N–H and O–H groups in total. The Hall–Kier alpha value is -1.61. The molecule has 108 valence electrons. The third-order valence-electron chi connectivity index (χ3n) is 3.82. The lowest BCUT2D eigenvalue weighted by atomic mass is 10.0. The number of rotatable bonds is 6. The van der Waals surface area contributed by atoms with Crippen LogP contribution in [0.15, 0.2) is 30.3 Å². The average Bonchev–Trinajstić information content (AvgIpc) is 2.88. The molecule has 0 saturated heterocycles. The van der Waals surface area contributed by atoms with Crippen molar-refractivity contribution in [3.8, 4) is 0 Å². The summed E-state index contributed by atoms with van der Waals surface area (Å²) in [5, 5.41) is 8.05. The zero-order valence-corrected chi connectivity index (χ0v) is 13.0. The standard InChI is InChI=1S/C17H25N3/c1-5-15-11-16(20(6-2)19-15)12-17(18-4)14-9-7-13(3)8-10-14/h7-11,17-18H,5-6,12H2,1-4H3. The number of aryl methyl sites for hydroxylation is 3. The highest BCUT2D eigenvalue weighted by atomic mass is 15.3. The molecular weight excluding hydrogens is 246 g/mol. The van der Waals surface area contributed by atoms with E-state index in [0.29, 0.717) is 6.04 Å². The largest absolute Gasteiger partial charge is 0.313 e. The zero-order chi connectivity index (χ0) is 14.5. The molecule has 0 aliphatic heterocycles. The van der Waals surface area contributed by atoms with Crippen molar-refractivity contribution in [2.45, 2.75) is 46.2 Å². The summed E-state index contributed by atoms with van der Waals surface area (Å²) in [4.78, 5) is 0. The lowest BCUT2D eigenvalue weighted by Gasteiger charge is -2.17. The Kier molecular flexibility index (Phi) is 4.96. The second-order valence-corrected chi connectivity index (χ2v) is 5.25. The van der Waals surface area contributed by atoms with Gasteiger partial charge in [0.2, 0.25) is 0 Å². The molecule has 0 bridgehead atoms. The lowest BCUT2D eigenvalue weighted by molar-refractivity contribution is 0.540.